The van der Waals surface area contributed by atoms with E-state index in [0.717, 1.165) is 53.5 Å². The van der Waals surface area contributed by atoms with Crippen molar-refractivity contribution in [1.29, 1.82) is 0 Å². The van der Waals surface area contributed by atoms with Crippen molar-refractivity contribution in [2.75, 3.05) is 10.8 Å². The number of hydrogen-bond acceptors (Lipinski definition) is 4. The molecule has 0 aromatic heterocycles. The van der Waals surface area contributed by atoms with Gasteiger partial charge in [0.1, 0.15) is 12.6 Å². The summed E-state index contributed by atoms with van der Waals surface area (Å²) in [5.74, 6) is -0.620. The molecule has 1 aliphatic rings. The molecule has 3 aromatic rings. The zero-order valence-electron chi connectivity index (χ0n) is 25.4. The molecular weight excluding hydrogens is 546 g/mol. The van der Waals surface area contributed by atoms with Crippen LogP contribution in [0.15, 0.2) is 71.6 Å². The largest absolute Gasteiger partial charge is 0.352 e. The molecule has 2 amide bonds. The highest BCUT2D eigenvalue weighted by atomic mass is 32.2. The van der Waals surface area contributed by atoms with Crippen molar-refractivity contribution in [2.24, 2.45) is 0 Å². The summed E-state index contributed by atoms with van der Waals surface area (Å²) in [4.78, 5) is 29.6. The average Bonchev–Trinajstić information content (AvgIpc) is 3.47. The Bertz CT molecular complexity index is 1490. The Hall–Kier alpha value is -3.65. The molecule has 1 N–H and O–H groups in total. The Kier molecular flexibility index (Phi) is 10.1. The molecule has 0 spiro atoms. The molecule has 1 unspecified atom stereocenters. The molecule has 4 rings (SSSR count). The number of nitrogens with one attached hydrogen (secondary N) is 1. The van der Waals surface area contributed by atoms with E-state index in [1.807, 2.05) is 65.0 Å². The number of nitrogens with zero attached hydrogens (tertiary/aromatic N) is 2. The van der Waals surface area contributed by atoms with Crippen molar-refractivity contribution in [3.63, 3.8) is 0 Å². The Morgan fingerprint density at radius 1 is 0.881 bits per heavy atom. The highest BCUT2D eigenvalue weighted by Gasteiger charge is 2.35. The lowest BCUT2D eigenvalue weighted by Crippen LogP contribution is -2.53. The van der Waals surface area contributed by atoms with Gasteiger partial charge >= 0.3 is 0 Å². The molecule has 3 aromatic carbocycles. The summed E-state index contributed by atoms with van der Waals surface area (Å²) in [6, 6.07) is 19.3. The van der Waals surface area contributed by atoms with Crippen LogP contribution in [0, 0.1) is 27.7 Å². The minimum absolute atomic E-state index is 0.108. The van der Waals surface area contributed by atoms with Gasteiger partial charge in [0.15, 0.2) is 0 Å². The van der Waals surface area contributed by atoms with Crippen LogP contribution in [0.4, 0.5) is 5.69 Å². The van der Waals surface area contributed by atoms with Crippen LogP contribution in [0.2, 0.25) is 0 Å². The van der Waals surface area contributed by atoms with Gasteiger partial charge in [-0.3, -0.25) is 13.9 Å². The first-order valence-electron chi connectivity index (χ1n) is 14.8. The van der Waals surface area contributed by atoms with E-state index in [0.29, 0.717) is 12.1 Å². The molecule has 42 heavy (non-hydrogen) atoms. The van der Waals surface area contributed by atoms with E-state index in [1.54, 1.807) is 41.3 Å². The molecule has 1 saturated carbocycles. The summed E-state index contributed by atoms with van der Waals surface area (Å²) in [7, 11) is -4.10. The summed E-state index contributed by atoms with van der Waals surface area (Å²) >= 11 is 0. The Balaban J connectivity index is 1.74. The zero-order chi connectivity index (χ0) is 30.4. The van der Waals surface area contributed by atoms with Crippen molar-refractivity contribution in [3.05, 3.63) is 94.5 Å². The Morgan fingerprint density at radius 3 is 2.07 bits per heavy atom. The maximum absolute atomic E-state index is 14.3. The second kappa shape index (κ2) is 13.6. The number of hydrogen-bond donors (Lipinski definition) is 1. The van der Waals surface area contributed by atoms with Crippen LogP contribution in [-0.4, -0.2) is 43.8 Å². The van der Waals surface area contributed by atoms with Crippen LogP contribution in [0.25, 0.3) is 0 Å². The first kappa shape index (κ1) is 31.3. The molecule has 0 aliphatic heterocycles. The molecule has 8 heteroatoms. The quantitative estimate of drug-likeness (QED) is 0.298. The Morgan fingerprint density at radius 2 is 1.48 bits per heavy atom. The van der Waals surface area contributed by atoms with Crippen LogP contribution in [0.1, 0.15) is 66.8 Å². The maximum Gasteiger partial charge on any atom is 0.264 e. The van der Waals surface area contributed by atoms with E-state index in [-0.39, 0.29) is 23.4 Å². The normalized spacial score (nSPS) is 14.4. The van der Waals surface area contributed by atoms with E-state index in [4.69, 9.17) is 0 Å². The van der Waals surface area contributed by atoms with Crippen molar-refractivity contribution in [2.45, 2.75) is 90.2 Å². The number of anilines is 1. The maximum atomic E-state index is 14.3. The summed E-state index contributed by atoms with van der Waals surface area (Å²) in [5, 5.41) is 3.16. The number of sulfonamides is 1. The average molecular weight is 590 g/mol. The van der Waals surface area contributed by atoms with Crippen molar-refractivity contribution in [3.8, 4) is 0 Å². The van der Waals surface area contributed by atoms with Gasteiger partial charge < -0.3 is 10.2 Å². The molecule has 0 radical (unpaired) electrons. The van der Waals surface area contributed by atoms with Gasteiger partial charge in [-0.15, -0.1) is 0 Å². The van der Waals surface area contributed by atoms with Gasteiger partial charge in [0.05, 0.1) is 10.6 Å². The summed E-state index contributed by atoms with van der Waals surface area (Å²) in [5.41, 5.74) is 5.04. The van der Waals surface area contributed by atoms with Gasteiger partial charge in [-0.1, -0.05) is 79.4 Å². The molecular formula is C34H43N3O4S. The zero-order valence-corrected chi connectivity index (χ0v) is 26.2. The van der Waals surface area contributed by atoms with Gasteiger partial charge in [0, 0.05) is 12.6 Å². The smallest absolute Gasteiger partial charge is 0.264 e. The number of carbonyl (C=O) groups excluding carboxylic acids is 2. The van der Waals surface area contributed by atoms with E-state index in [2.05, 4.69) is 5.32 Å². The van der Waals surface area contributed by atoms with Crippen LogP contribution < -0.4 is 9.62 Å². The second-order valence-corrected chi connectivity index (χ2v) is 13.3. The van der Waals surface area contributed by atoms with E-state index in [9.17, 15) is 18.0 Å². The minimum atomic E-state index is -4.10. The molecule has 1 aliphatic carbocycles. The molecule has 0 heterocycles. The van der Waals surface area contributed by atoms with Crippen molar-refractivity contribution < 1.29 is 18.0 Å². The first-order valence-corrected chi connectivity index (χ1v) is 16.3. The molecule has 1 atom stereocenters. The SMILES string of the molecule is CCC(C(=O)NC1CCCC1)N(Cc1ccc(C)cc1)C(=O)CN(c1cccc(C)c1C)S(=O)(=O)c1ccc(C)cc1. The molecule has 0 bridgehead atoms. The van der Waals surface area contributed by atoms with Gasteiger partial charge in [0.2, 0.25) is 11.8 Å². The molecule has 224 valence electrons. The Labute approximate surface area is 251 Å². The highest BCUT2D eigenvalue weighted by molar-refractivity contribution is 7.92. The third-order valence-electron chi connectivity index (χ3n) is 8.29. The number of benzene rings is 3. The lowest BCUT2D eigenvalue weighted by atomic mass is 10.1. The van der Waals surface area contributed by atoms with Gasteiger partial charge in [-0.25, -0.2) is 8.42 Å². The van der Waals surface area contributed by atoms with Gasteiger partial charge in [0.25, 0.3) is 10.0 Å². The van der Waals surface area contributed by atoms with E-state index >= 15 is 0 Å². The molecule has 0 saturated heterocycles. The van der Waals surface area contributed by atoms with Gasteiger partial charge in [-0.2, -0.15) is 0 Å². The first-order chi connectivity index (χ1) is 20.0. The van der Waals surface area contributed by atoms with E-state index in [1.165, 1.54) is 4.31 Å². The number of aryl methyl sites for hydroxylation is 3. The highest BCUT2D eigenvalue weighted by Crippen LogP contribution is 2.29. The second-order valence-electron chi connectivity index (χ2n) is 11.5. The summed E-state index contributed by atoms with van der Waals surface area (Å²) < 4.78 is 29.5. The predicted molar refractivity (Wildman–Crippen MR) is 168 cm³/mol. The predicted octanol–water partition coefficient (Wildman–Crippen LogP) is 5.98. The fraction of sp³-hybridized carbons (Fsp3) is 0.412. The molecule has 7 nitrogen and oxygen atoms in total. The fourth-order valence-corrected chi connectivity index (χ4v) is 7.01. The lowest BCUT2D eigenvalue weighted by Gasteiger charge is -2.34. The van der Waals surface area contributed by atoms with Crippen molar-refractivity contribution >= 4 is 27.5 Å². The van der Waals surface area contributed by atoms with Crippen LogP contribution in [0.3, 0.4) is 0 Å². The number of carbonyl (C=O) groups is 2. The molecule has 1 fully saturated rings. The monoisotopic (exact) mass is 589 g/mol. The number of rotatable bonds is 11. The lowest BCUT2D eigenvalue weighted by molar-refractivity contribution is -0.140. The van der Waals surface area contributed by atoms with Gasteiger partial charge in [-0.05, 0) is 81.8 Å². The third kappa shape index (κ3) is 7.21. The summed E-state index contributed by atoms with van der Waals surface area (Å²) in [6.07, 6.45) is 4.43. The standard InChI is InChI=1S/C34H43N3O4S/c1-6-31(34(39)35-29-11-7-8-12-29)36(22-28-18-14-24(2)15-19-28)33(38)23-37(32-13-9-10-26(4)27(32)5)42(40,41)30-20-16-25(3)17-21-30/h9-10,13-21,29,31H,6-8,11-12,22-23H2,1-5H3,(H,35,39). The number of amides is 2. The fourth-order valence-electron chi connectivity index (χ4n) is 5.53. The van der Waals surface area contributed by atoms with Crippen LogP contribution >= 0.6 is 0 Å². The van der Waals surface area contributed by atoms with Crippen LogP contribution in [0.5, 0.6) is 0 Å². The topological polar surface area (TPSA) is 86.8 Å². The van der Waals surface area contributed by atoms with Crippen LogP contribution in [-0.2, 0) is 26.2 Å². The summed E-state index contributed by atoms with van der Waals surface area (Å²) in [6.45, 7) is 9.32. The third-order valence-corrected chi connectivity index (χ3v) is 10.1. The van der Waals surface area contributed by atoms with Crippen molar-refractivity contribution in [1.82, 2.24) is 10.2 Å². The minimum Gasteiger partial charge on any atom is -0.352 e. The van der Waals surface area contributed by atoms with E-state index < -0.39 is 28.5 Å².